The van der Waals surface area contributed by atoms with E-state index < -0.39 is 0 Å². The Morgan fingerprint density at radius 1 is 1.27 bits per heavy atom. The van der Waals surface area contributed by atoms with Gasteiger partial charge in [0.25, 0.3) is 0 Å². The number of likely N-dealkylation sites (N-methyl/N-ethyl adjacent to an activating group) is 1. The molecular weight excluding hydrogens is 280 g/mol. The summed E-state index contributed by atoms with van der Waals surface area (Å²) in [6.45, 7) is 1.47. The molecule has 1 aromatic heterocycles. The van der Waals surface area contributed by atoms with Crippen molar-refractivity contribution in [3.8, 4) is 0 Å². The maximum atomic E-state index is 11.6. The minimum atomic E-state index is -0.289. The lowest BCUT2D eigenvalue weighted by Gasteiger charge is -2.12. The SMILES string of the molecule is CNCCc1c[nH]c2ccc(CCN3C(=O)CNC3=O)cc12. The molecule has 116 valence electrons. The summed E-state index contributed by atoms with van der Waals surface area (Å²) in [5.74, 6) is -0.151. The van der Waals surface area contributed by atoms with Crippen LogP contribution in [0.5, 0.6) is 0 Å². The fourth-order valence-electron chi connectivity index (χ4n) is 2.77. The van der Waals surface area contributed by atoms with Gasteiger partial charge in [-0.1, -0.05) is 6.07 Å². The number of nitrogens with zero attached hydrogens (tertiary/aromatic N) is 1. The number of amides is 3. The highest BCUT2D eigenvalue weighted by Crippen LogP contribution is 2.21. The molecule has 3 N–H and O–H groups in total. The van der Waals surface area contributed by atoms with E-state index in [9.17, 15) is 9.59 Å². The molecule has 1 aliphatic rings. The van der Waals surface area contributed by atoms with Crippen LogP contribution < -0.4 is 10.6 Å². The predicted octanol–water partition coefficient (Wildman–Crippen LogP) is 1.02. The number of urea groups is 1. The molecule has 3 rings (SSSR count). The fraction of sp³-hybridized carbons (Fsp3) is 0.375. The molecule has 0 bridgehead atoms. The van der Waals surface area contributed by atoms with Crippen molar-refractivity contribution >= 4 is 22.8 Å². The van der Waals surface area contributed by atoms with Crippen LogP contribution in [0, 0.1) is 0 Å². The molecule has 0 unspecified atom stereocenters. The number of hydrogen-bond acceptors (Lipinski definition) is 3. The van der Waals surface area contributed by atoms with Crippen molar-refractivity contribution in [2.75, 3.05) is 26.7 Å². The number of H-pyrrole nitrogens is 1. The smallest absolute Gasteiger partial charge is 0.324 e. The number of nitrogens with one attached hydrogen (secondary N) is 3. The van der Waals surface area contributed by atoms with E-state index in [-0.39, 0.29) is 18.5 Å². The molecule has 6 heteroatoms. The zero-order valence-corrected chi connectivity index (χ0v) is 12.6. The number of aromatic nitrogens is 1. The van der Waals surface area contributed by atoms with E-state index in [0.29, 0.717) is 13.0 Å². The largest absolute Gasteiger partial charge is 0.361 e. The number of fused-ring (bicyclic) bond motifs is 1. The molecule has 0 atom stereocenters. The Labute approximate surface area is 128 Å². The van der Waals surface area contributed by atoms with Crippen LogP contribution in [0.3, 0.4) is 0 Å². The van der Waals surface area contributed by atoms with Gasteiger partial charge in [-0.05, 0) is 49.7 Å². The summed E-state index contributed by atoms with van der Waals surface area (Å²) in [6.07, 6.45) is 3.68. The Morgan fingerprint density at radius 2 is 2.14 bits per heavy atom. The minimum absolute atomic E-state index is 0.115. The summed E-state index contributed by atoms with van der Waals surface area (Å²) in [4.78, 5) is 27.7. The first-order valence-corrected chi connectivity index (χ1v) is 7.50. The molecule has 1 saturated heterocycles. The second-order valence-corrected chi connectivity index (χ2v) is 5.50. The number of hydrogen-bond donors (Lipinski definition) is 3. The van der Waals surface area contributed by atoms with Crippen molar-refractivity contribution in [1.29, 1.82) is 0 Å². The predicted molar refractivity (Wildman–Crippen MR) is 84.7 cm³/mol. The van der Waals surface area contributed by atoms with Gasteiger partial charge in [-0.25, -0.2) is 4.79 Å². The second kappa shape index (κ2) is 6.19. The van der Waals surface area contributed by atoms with Gasteiger partial charge in [0, 0.05) is 23.6 Å². The number of benzene rings is 1. The van der Waals surface area contributed by atoms with Gasteiger partial charge in [0.2, 0.25) is 5.91 Å². The van der Waals surface area contributed by atoms with E-state index in [1.807, 2.05) is 19.3 Å². The molecule has 6 nitrogen and oxygen atoms in total. The van der Waals surface area contributed by atoms with E-state index in [0.717, 1.165) is 24.0 Å². The van der Waals surface area contributed by atoms with Crippen LogP contribution in [0.15, 0.2) is 24.4 Å². The third kappa shape index (κ3) is 2.82. The van der Waals surface area contributed by atoms with Crippen LogP contribution in [-0.2, 0) is 17.6 Å². The van der Waals surface area contributed by atoms with Crippen molar-refractivity contribution in [3.05, 3.63) is 35.5 Å². The van der Waals surface area contributed by atoms with Gasteiger partial charge in [-0.15, -0.1) is 0 Å². The quantitative estimate of drug-likeness (QED) is 0.697. The number of aromatic amines is 1. The van der Waals surface area contributed by atoms with Crippen LogP contribution in [0.4, 0.5) is 4.79 Å². The van der Waals surface area contributed by atoms with Crippen molar-refractivity contribution in [2.45, 2.75) is 12.8 Å². The summed E-state index contributed by atoms with van der Waals surface area (Å²) in [6, 6.07) is 5.95. The van der Waals surface area contributed by atoms with Crippen LogP contribution in [0.2, 0.25) is 0 Å². The minimum Gasteiger partial charge on any atom is -0.361 e. The first-order chi connectivity index (χ1) is 10.7. The monoisotopic (exact) mass is 300 g/mol. The van der Waals surface area contributed by atoms with Gasteiger partial charge in [0.1, 0.15) is 0 Å². The van der Waals surface area contributed by atoms with Crippen molar-refractivity contribution in [1.82, 2.24) is 20.5 Å². The Hall–Kier alpha value is -2.34. The maximum Gasteiger partial charge on any atom is 0.324 e. The summed E-state index contributed by atoms with van der Waals surface area (Å²) in [5.41, 5.74) is 3.52. The fourth-order valence-corrected chi connectivity index (χ4v) is 2.77. The topological polar surface area (TPSA) is 77.2 Å². The van der Waals surface area contributed by atoms with Crippen LogP contribution in [0.1, 0.15) is 11.1 Å². The first-order valence-electron chi connectivity index (χ1n) is 7.50. The van der Waals surface area contributed by atoms with E-state index in [1.165, 1.54) is 15.8 Å². The van der Waals surface area contributed by atoms with Gasteiger partial charge in [-0.2, -0.15) is 0 Å². The zero-order valence-electron chi connectivity index (χ0n) is 12.6. The standard InChI is InChI=1S/C16H20N4O2/c1-17-6-4-12-9-18-14-3-2-11(8-13(12)14)5-7-20-15(21)10-19-16(20)22/h2-3,8-9,17-18H,4-7,10H2,1H3,(H,19,22). The molecule has 2 heterocycles. The van der Waals surface area contributed by atoms with Crippen LogP contribution in [0.25, 0.3) is 10.9 Å². The molecule has 0 aliphatic carbocycles. The average molecular weight is 300 g/mol. The number of imide groups is 1. The number of carbonyl (C=O) groups excluding carboxylic acids is 2. The molecule has 2 aromatic rings. The molecule has 0 spiro atoms. The molecular formula is C16H20N4O2. The summed E-state index contributed by atoms with van der Waals surface area (Å²) >= 11 is 0. The number of rotatable bonds is 6. The lowest BCUT2D eigenvalue weighted by molar-refractivity contribution is -0.124. The van der Waals surface area contributed by atoms with Gasteiger partial charge in [0.05, 0.1) is 6.54 Å². The Balaban J connectivity index is 1.73. The highest BCUT2D eigenvalue weighted by molar-refractivity contribution is 6.01. The Kier molecular flexibility index (Phi) is 4.11. The molecule has 1 aliphatic heterocycles. The Morgan fingerprint density at radius 3 is 2.86 bits per heavy atom. The molecule has 0 radical (unpaired) electrons. The normalized spacial score (nSPS) is 14.9. The van der Waals surface area contributed by atoms with Gasteiger partial charge in [0.15, 0.2) is 0 Å². The molecule has 3 amide bonds. The van der Waals surface area contributed by atoms with E-state index in [2.05, 4.69) is 27.8 Å². The lowest BCUT2D eigenvalue weighted by atomic mass is 10.1. The van der Waals surface area contributed by atoms with Crippen molar-refractivity contribution in [3.63, 3.8) is 0 Å². The first kappa shape index (κ1) is 14.6. The van der Waals surface area contributed by atoms with Gasteiger partial charge in [-0.3, -0.25) is 9.69 Å². The lowest BCUT2D eigenvalue weighted by Crippen LogP contribution is -2.32. The maximum absolute atomic E-state index is 11.6. The van der Waals surface area contributed by atoms with E-state index in [4.69, 9.17) is 0 Å². The van der Waals surface area contributed by atoms with Gasteiger partial charge >= 0.3 is 6.03 Å². The molecule has 0 saturated carbocycles. The summed E-state index contributed by atoms with van der Waals surface area (Å²) in [5, 5.41) is 6.91. The average Bonchev–Trinajstić information content (AvgIpc) is 3.07. The Bertz CT molecular complexity index is 691. The third-order valence-corrected chi connectivity index (χ3v) is 4.04. The van der Waals surface area contributed by atoms with E-state index >= 15 is 0 Å². The third-order valence-electron chi connectivity index (χ3n) is 4.04. The molecule has 1 aromatic carbocycles. The second-order valence-electron chi connectivity index (χ2n) is 5.50. The summed E-state index contributed by atoms with van der Waals surface area (Å²) < 4.78 is 0. The van der Waals surface area contributed by atoms with Crippen molar-refractivity contribution < 1.29 is 9.59 Å². The van der Waals surface area contributed by atoms with Crippen LogP contribution >= 0.6 is 0 Å². The van der Waals surface area contributed by atoms with Gasteiger partial charge < -0.3 is 15.6 Å². The summed E-state index contributed by atoms with van der Waals surface area (Å²) in [7, 11) is 1.94. The van der Waals surface area contributed by atoms with E-state index in [1.54, 1.807) is 0 Å². The highest BCUT2D eigenvalue weighted by atomic mass is 16.2. The molecule has 22 heavy (non-hydrogen) atoms. The highest BCUT2D eigenvalue weighted by Gasteiger charge is 2.27. The van der Waals surface area contributed by atoms with Crippen molar-refractivity contribution in [2.24, 2.45) is 0 Å². The number of carbonyl (C=O) groups is 2. The van der Waals surface area contributed by atoms with Crippen LogP contribution in [-0.4, -0.2) is 48.5 Å². The zero-order chi connectivity index (χ0) is 15.5. The molecule has 1 fully saturated rings.